The molecule has 0 radical (unpaired) electrons. The number of nitrogens with one attached hydrogen (secondary N) is 4. The average Bonchev–Trinajstić information content (AvgIpc) is 2.78. The van der Waals surface area contributed by atoms with Crippen molar-refractivity contribution in [3.8, 4) is 0 Å². The Balaban J connectivity index is 5.63. The van der Waals surface area contributed by atoms with E-state index >= 15 is 0 Å². The van der Waals surface area contributed by atoms with Gasteiger partial charge < -0.3 is 32.1 Å². The third-order valence-electron chi connectivity index (χ3n) is 5.71. The molecular weight excluding hydrogens is 490 g/mol. The van der Waals surface area contributed by atoms with Crippen LogP contribution in [0.1, 0.15) is 87.5 Å². The van der Waals surface area contributed by atoms with E-state index in [1.807, 2.05) is 55.4 Å². The first-order valence-corrected chi connectivity index (χ1v) is 13.7. The molecule has 38 heavy (non-hydrogen) atoms. The zero-order valence-corrected chi connectivity index (χ0v) is 24.4. The van der Waals surface area contributed by atoms with Crippen molar-refractivity contribution in [3.05, 3.63) is 0 Å². The fourth-order valence-electron chi connectivity index (χ4n) is 3.77. The van der Waals surface area contributed by atoms with Crippen LogP contribution in [-0.4, -0.2) is 65.4 Å². The van der Waals surface area contributed by atoms with Crippen LogP contribution in [0.5, 0.6) is 0 Å². The van der Waals surface area contributed by atoms with E-state index < -0.39 is 47.9 Å². The minimum absolute atomic E-state index is 0.0405. The second kappa shape index (κ2) is 17.8. The van der Waals surface area contributed by atoms with Crippen molar-refractivity contribution in [1.29, 1.82) is 0 Å². The maximum absolute atomic E-state index is 13.3. The Hall–Kier alpha value is -2.69. The Labute approximate surface area is 227 Å². The SMILES string of the molecule is CC(C)CNC(=O)C(CC(C)C)NC(=O)C(CC(C)C)NC(=O)C(CC(C)C)NC(=O)C(N)CCC(=O)O. The highest BCUT2D eigenvalue weighted by molar-refractivity contribution is 5.94. The molecule has 220 valence electrons. The molecule has 0 saturated carbocycles. The summed E-state index contributed by atoms with van der Waals surface area (Å²) in [7, 11) is 0. The predicted molar refractivity (Wildman–Crippen MR) is 147 cm³/mol. The van der Waals surface area contributed by atoms with Crippen LogP contribution in [0.2, 0.25) is 0 Å². The number of rotatable bonds is 18. The summed E-state index contributed by atoms with van der Waals surface area (Å²) in [6.07, 6.45) is 0.741. The first kappa shape index (κ1) is 35.3. The molecule has 0 bridgehead atoms. The summed E-state index contributed by atoms with van der Waals surface area (Å²) in [5, 5.41) is 19.9. The third kappa shape index (κ3) is 15.5. The third-order valence-corrected chi connectivity index (χ3v) is 5.71. The molecule has 11 nitrogen and oxygen atoms in total. The highest BCUT2D eigenvalue weighted by Gasteiger charge is 2.31. The van der Waals surface area contributed by atoms with Crippen LogP contribution >= 0.6 is 0 Å². The smallest absolute Gasteiger partial charge is 0.303 e. The van der Waals surface area contributed by atoms with Crippen LogP contribution in [0.25, 0.3) is 0 Å². The summed E-state index contributed by atoms with van der Waals surface area (Å²) in [6, 6.07) is -3.69. The van der Waals surface area contributed by atoms with Crippen molar-refractivity contribution in [2.75, 3.05) is 6.54 Å². The Morgan fingerprint density at radius 1 is 0.605 bits per heavy atom. The summed E-state index contributed by atoms with van der Waals surface area (Å²) in [5.41, 5.74) is 5.82. The number of nitrogens with two attached hydrogens (primary N) is 1. The summed E-state index contributed by atoms with van der Waals surface area (Å²) in [4.78, 5) is 62.7. The van der Waals surface area contributed by atoms with E-state index in [1.165, 1.54) is 0 Å². The fraction of sp³-hybridized carbons (Fsp3) is 0.815. The van der Waals surface area contributed by atoms with Crippen molar-refractivity contribution in [1.82, 2.24) is 21.3 Å². The minimum atomic E-state index is -1.08. The number of hydrogen-bond acceptors (Lipinski definition) is 6. The second-order valence-electron chi connectivity index (χ2n) is 11.8. The number of carbonyl (C=O) groups excluding carboxylic acids is 4. The lowest BCUT2D eigenvalue weighted by Gasteiger charge is -2.28. The highest BCUT2D eigenvalue weighted by atomic mass is 16.4. The quantitative estimate of drug-likeness (QED) is 0.152. The molecule has 4 amide bonds. The topological polar surface area (TPSA) is 180 Å². The monoisotopic (exact) mass is 541 g/mol. The molecule has 11 heteroatoms. The van der Waals surface area contributed by atoms with Gasteiger partial charge in [0.1, 0.15) is 18.1 Å². The Morgan fingerprint density at radius 2 is 0.974 bits per heavy atom. The Morgan fingerprint density at radius 3 is 1.32 bits per heavy atom. The van der Waals surface area contributed by atoms with Gasteiger partial charge in [-0.05, 0) is 49.4 Å². The van der Waals surface area contributed by atoms with Gasteiger partial charge in [-0.3, -0.25) is 24.0 Å². The molecule has 0 aliphatic heterocycles. The van der Waals surface area contributed by atoms with Crippen molar-refractivity contribution in [2.45, 2.75) is 112 Å². The van der Waals surface area contributed by atoms with E-state index in [2.05, 4.69) is 21.3 Å². The molecule has 0 aliphatic rings. The normalized spacial score (nSPS) is 14.7. The van der Waals surface area contributed by atoms with Gasteiger partial charge in [0.2, 0.25) is 23.6 Å². The molecule has 0 aromatic heterocycles. The first-order chi connectivity index (χ1) is 17.5. The maximum Gasteiger partial charge on any atom is 0.303 e. The lowest BCUT2D eigenvalue weighted by Crippen LogP contribution is -2.58. The lowest BCUT2D eigenvalue weighted by atomic mass is 9.98. The predicted octanol–water partition coefficient (Wildman–Crippen LogP) is 1.54. The van der Waals surface area contributed by atoms with E-state index in [9.17, 15) is 24.0 Å². The molecule has 4 atom stereocenters. The van der Waals surface area contributed by atoms with Crippen LogP contribution < -0.4 is 27.0 Å². The van der Waals surface area contributed by atoms with E-state index in [-0.39, 0.29) is 42.4 Å². The number of hydrogen-bond donors (Lipinski definition) is 6. The molecule has 0 aromatic carbocycles. The van der Waals surface area contributed by atoms with Gasteiger partial charge in [-0.25, -0.2) is 0 Å². The van der Waals surface area contributed by atoms with Gasteiger partial charge in [-0.1, -0.05) is 55.4 Å². The summed E-state index contributed by atoms with van der Waals surface area (Å²) < 4.78 is 0. The first-order valence-electron chi connectivity index (χ1n) is 13.7. The second-order valence-corrected chi connectivity index (χ2v) is 11.8. The number of amides is 4. The molecule has 0 aliphatic carbocycles. The molecule has 0 aromatic rings. The summed E-state index contributed by atoms with van der Waals surface area (Å²) >= 11 is 0. The molecule has 0 saturated heterocycles. The van der Waals surface area contributed by atoms with Gasteiger partial charge in [-0.15, -0.1) is 0 Å². The average molecular weight is 542 g/mol. The number of aliphatic carboxylic acids is 1. The number of carboxylic acids is 1. The zero-order valence-electron chi connectivity index (χ0n) is 24.4. The standard InChI is InChI=1S/C27H51N5O6/c1-15(2)11-20(25(36)29-14-18(7)8)31-27(38)22(13-17(5)6)32-26(37)21(12-16(3)4)30-24(35)19(28)9-10-23(33)34/h15-22H,9-14,28H2,1-8H3,(H,29,36)(H,30,35)(H,31,38)(H,32,37)(H,33,34). The van der Waals surface area contributed by atoms with E-state index in [0.717, 1.165) is 0 Å². The van der Waals surface area contributed by atoms with E-state index in [1.54, 1.807) is 0 Å². The van der Waals surface area contributed by atoms with Gasteiger partial charge in [-0.2, -0.15) is 0 Å². The number of carboxylic acid groups (broad SMARTS) is 1. The van der Waals surface area contributed by atoms with Gasteiger partial charge in [0, 0.05) is 13.0 Å². The van der Waals surface area contributed by atoms with Crippen LogP contribution in [0, 0.1) is 23.7 Å². The molecule has 0 spiro atoms. The van der Waals surface area contributed by atoms with E-state index in [0.29, 0.717) is 25.8 Å². The van der Waals surface area contributed by atoms with Crippen molar-refractivity contribution in [3.63, 3.8) is 0 Å². The highest BCUT2D eigenvalue weighted by Crippen LogP contribution is 2.11. The van der Waals surface area contributed by atoms with Crippen LogP contribution in [0.3, 0.4) is 0 Å². The van der Waals surface area contributed by atoms with Crippen LogP contribution in [0.4, 0.5) is 0 Å². The van der Waals surface area contributed by atoms with Crippen molar-refractivity contribution < 1.29 is 29.1 Å². The molecule has 0 fully saturated rings. The lowest BCUT2D eigenvalue weighted by molar-refractivity contribution is -0.137. The van der Waals surface area contributed by atoms with Gasteiger partial charge in [0.15, 0.2) is 0 Å². The van der Waals surface area contributed by atoms with Crippen molar-refractivity contribution >= 4 is 29.6 Å². The number of carbonyl (C=O) groups is 5. The molecular formula is C27H51N5O6. The molecule has 0 heterocycles. The largest absolute Gasteiger partial charge is 0.481 e. The molecule has 4 unspecified atom stereocenters. The van der Waals surface area contributed by atoms with Crippen molar-refractivity contribution in [2.24, 2.45) is 29.4 Å². The summed E-state index contributed by atoms with van der Waals surface area (Å²) in [6.45, 7) is 16.0. The van der Waals surface area contributed by atoms with Gasteiger partial charge in [0.25, 0.3) is 0 Å². The summed E-state index contributed by atoms with van der Waals surface area (Å²) in [5.74, 6) is -2.46. The zero-order chi connectivity index (χ0) is 29.6. The molecule has 7 N–H and O–H groups in total. The van der Waals surface area contributed by atoms with E-state index in [4.69, 9.17) is 10.8 Å². The van der Waals surface area contributed by atoms with Gasteiger partial charge >= 0.3 is 5.97 Å². The van der Waals surface area contributed by atoms with Gasteiger partial charge in [0.05, 0.1) is 6.04 Å². The minimum Gasteiger partial charge on any atom is -0.481 e. The Kier molecular flexibility index (Phi) is 16.5. The van der Waals surface area contributed by atoms with Crippen LogP contribution in [0.15, 0.2) is 0 Å². The molecule has 0 rings (SSSR count). The Bertz CT molecular complexity index is 784. The fourth-order valence-corrected chi connectivity index (χ4v) is 3.77. The maximum atomic E-state index is 13.3. The van der Waals surface area contributed by atoms with Crippen LogP contribution in [-0.2, 0) is 24.0 Å².